The van der Waals surface area contributed by atoms with Gasteiger partial charge in [0.2, 0.25) is 8.35 Å². The van der Waals surface area contributed by atoms with Crippen LogP contribution in [0, 0.1) is 0 Å². The lowest BCUT2D eigenvalue weighted by Gasteiger charge is -2.07. The molecule has 0 fully saturated rings. The van der Waals surface area contributed by atoms with Crippen LogP contribution in [0.2, 0.25) is 0 Å². The Hall–Kier alpha value is 0.0900. The van der Waals surface area contributed by atoms with Gasteiger partial charge in [0.15, 0.2) is 0 Å². The highest BCUT2D eigenvalue weighted by atomic mass is 31.1. The summed E-state index contributed by atoms with van der Waals surface area (Å²) >= 11 is 0. The average Bonchev–Trinajstić information content (AvgIpc) is 2.13. The van der Waals surface area contributed by atoms with E-state index >= 15 is 0 Å². The third kappa shape index (κ3) is 0.921. The number of hydrogen-bond donors (Lipinski definition) is 0. The minimum absolute atomic E-state index is 1.06. The Bertz CT molecular complexity index is 137. The molecule has 0 N–H and O–H groups in total. The smallest absolute Gasteiger partial charge is 0.226 e. The van der Waals surface area contributed by atoms with Crippen molar-refractivity contribution < 1.29 is 4.25 Å². The Morgan fingerprint density at radius 2 is 1.75 bits per heavy atom. The van der Waals surface area contributed by atoms with Crippen LogP contribution in [0.25, 0.3) is 0 Å². The molecule has 0 amide bonds. The van der Waals surface area contributed by atoms with Crippen molar-refractivity contribution >= 4 is 13.9 Å². The molecule has 2 nitrogen and oxygen atoms in total. The maximum Gasteiger partial charge on any atom is 0.273 e. The zero-order valence-electron chi connectivity index (χ0n) is 5.84. The average molecular weight is 131 g/mol. The van der Waals surface area contributed by atoms with Crippen LogP contribution in [0.4, 0.5) is 0 Å². The lowest BCUT2D eigenvalue weighted by Crippen LogP contribution is -2.29. The van der Waals surface area contributed by atoms with Gasteiger partial charge in [0, 0.05) is 0 Å². The normalized spacial score (nSPS) is 25.4. The van der Waals surface area contributed by atoms with E-state index in [4.69, 9.17) is 0 Å². The Kier molecular flexibility index (Phi) is 1.19. The highest BCUT2D eigenvalue weighted by Gasteiger charge is 2.41. The van der Waals surface area contributed by atoms with Gasteiger partial charge in [-0.25, -0.2) is 9.15 Å². The fourth-order valence-electron chi connectivity index (χ4n) is 0.780. The molecular weight excluding hydrogens is 119 g/mol. The van der Waals surface area contributed by atoms with Crippen LogP contribution in [-0.4, -0.2) is 42.9 Å². The molecule has 0 saturated carbocycles. The van der Waals surface area contributed by atoms with Crippen molar-refractivity contribution in [3.63, 3.8) is 0 Å². The maximum absolute atomic E-state index is 2.21. The van der Waals surface area contributed by atoms with Crippen LogP contribution in [-0.2, 0) is 0 Å². The first-order chi connectivity index (χ1) is 3.54. The fourth-order valence-corrected chi connectivity index (χ4v) is 1.54. The second-order valence-electron chi connectivity index (χ2n) is 2.69. The molecule has 3 heteroatoms. The van der Waals surface area contributed by atoms with Gasteiger partial charge in [-0.3, -0.25) is 0 Å². The quantitative estimate of drug-likeness (QED) is 0.471. The SMILES string of the molecule is CN(C)C1=P[N+]1(C)C. The molecule has 0 bridgehead atoms. The van der Waals surface area contributed by atoms with E-state index in [1.807, 2.05) is 0 Å². The third-order valence-corrected chi connectivity index (χ3v) is 2.77. The van der Waals surface area contributed by atoms with Crippen LogP contribution >= 0.6 is 8.35 Å². The molecule has 1 aliphatic rings. The van der Waals surface area contributed by atoms with Crippen LogP contribution in [0.5, 0.6) is 0 Å². The fraction of sp³-hybridized carbons (Fsp3) is 0.800. The summed E-state index contributed by atoms with van der Waals surface area (Å²) in [6.45, 7) is 0. The van der Waals surface area contributed by atoms with E-state index in [2.05, 4.69) is 33.1 Å². The third-order valence-electron chi connectivity index (χ3n) is 1.19. The van der Waals surface area contributed by atoms with Crippen molar-refractivity contribution in [1.82, 2.24) is 4.90 Å². The van der Waals surface area contributed by atoms with Crippen molar-refractivity contribution in [3.8, 4) is 0 Å². The van der Waals surface area contributed by atoms with E-state index in [-0.39, 0.29) is 0 Å². The molecule has 8 heavy (non-hydrogen) atoms. The molecule has 0 aromatic rings. The molecule has 0 spiro atoms. The molecule has 0 unspecified atom stereocenters. The van der Waals surface area contributed by atoms with Crippen LogP contribution in [0.15, 0.2) is 0 Å². The summed E-state index contributed by atoms with van der Waals surface area (Å²) in [6.07, 6.45) is 0. The Morgan fingerprint density at radius 1 is 1.38 bits per heavy atom. The minimum Gasteiger partial charge on any atom is -0.226 e. The van der Waals surface area contributed by atoms with Gasteiger partial charge in [-0.1, -0.05) is 0 Å². The molecule has 46 valence electrons. The molecule has 1 heterocycles. The summed E-state index contributed by atoms with van der Waals surface area (Å²) in [6, 6.07) is 0. The van der Waals surface area contributed by atoms with Crippen molar-refractivity contribution in [1.29, 1.82) is 0 Å². The summed E-state index contributed by atoms with van der Waals surface area (Å²) in [5, 5.41) is 0. The van der Waals surface area contributed by atoms with Crippen molar-refractivity contribution in [3.05, 3.63) is 0 Å². The van der Waals surface area contributed by atoms with E-state index in [1.165, 1.54) is 13.9 Å². The highest BCUT2D eigenvalue weighted by Crippen LogP contribution is 2.35. The lowest BCUT2D eigenvalue weighted by atomic mass is 10.8. The van der Waals surface area contributed by atoms with Gasteiger partial charge in [0.05, 0.1) is 14.1 Å². The zero-order chi connectivity index (χ0) is 6.36. The molecule has 0 aromatic carbocycles. The van der Waals surface area contributed by atoms with Gasteiger partial charge in [0.25, 0.3) is 5.54 Å². The lowest BCUT2D eigenvalue weighted by molar-refractivity contribution is -0.627. The minimum atomic E-state index is 1.06. The van der Waals surface area contributed by atoms with E-state index in [1.54, 1.807) is 0 Å². The van der Waals surface area contributed by atoms with E-state index in [9.17, 15) is 0 Å². The summed E-state index contributed by atoms with van der Waals surface area (Å²) in [4.78, 5) is 2.18. The maximum atomic E-state index is 2.21. The second kappa shape index (κ2) is 1.53. The van der Waals surface area contributed by atoms with Gasteiger partial charge in [-0.2, -0.15) is 0 Å². The molecule has 1 aliphatic heterocycles. The molecule has 0 aliphatic carbocycles. The molecule has 0 radical (unpaired) electrons. The summed E-state index contributed by atoms with van der Waals surface area (Å²) in [5.41, 5.74) is 1.49. The predicted octanol–water partition coefficient (Wildman–Crippen LogP) is 0.587. The number of hydrogen-bond acceptors (Lipinski definition) is 1. The van der Waals surface area contributed by atoms with Gasteiger partial charge in [0.1, 0.15) is 0 Å². The molecule has 0 aromatic heterocycles. The predicted molar refractivity (Wildman–Crippen MR) is 37.7 cm³/mol. The summed E-state index contributed by atoms with van der Waals surface area (Å²) in [5.74, 6) is 0. The van der Waals surface area contributed by atoms with Crippen LogP contribution in [0.3, 0.4) is 0 Å². The van der Waals surface area contributed by atoms with E-state index in [0.717, 1.165) is 4.25 Å². The number of quaternary nitrogens is 1. The van der Waals surface area contributed by atoms with E-state index in [0.29, 0.717) is 0 Å². The van der Waals surface area contributed by atoms with Crippen molar-refractivity contribution in [2.24, 2.45) is 0 Å². The summed E-state index contributed by atoms with van der Waals surface area (Å²) < 4.78 is 1.06. The topological polar surface area (TPSA) is 3.24 Å². The Labute approximate surface area is 52.2 Å². The Balaban J connectivity index is 2.47. The molecule has 0 atom stereocenters. The van der Waals surface area contributed by atoms with Gasteiger partial charge < -0.3 is 0 Å². The van der Waals surface area contributed by atoms with Gasteiger partial charge in [-0.05, 0) is 14.1 Å². The second-order valence-corrected chi connectivity index (χ2v) is 4.29. The first-order valence-electron chi connectivity index (χ1n) is 2.66. The zero-order valence-corrected chi connectivity index (χ0v) is 6.74. The molecule has 0 saturated heterocycles. The Morgan fingerprint density at radius 3 is 1.75 bits per heavy atom. The monoisotopic (exact) mass is 131 g/mol. The highest BCUT2D eigenvalue weighted by molar-refractivity contribution is 7.42. The first-order valence-corrected chi connectivity index (χ1v) is 3.51. The number of nitrogens with zero attached hydrogens (tertiary/aromatic N) is 2. The molecular formula is C5H12N2P+. The van der Waals surface area contributed by atoms with Crippen molar-refractivity contribution in [2.45, 2.75) is 0 Å². The van der Waals surface area contributed by atoms with Gasteiger partial charge >= 0.3 is 0 Å². The summed E-state index contributed by atoms with van der Waals surface area (Å²) in [7, 11) is 10.0. The largest absolute Gasteiger partial charge is 0.273 e. The van der Waals surface area contributed by atoms with E-state index < -0.39 is 0 Å². The van der Waals surface area contributed by atoms with Crippen LogP contribution in [0.1, 0.15) is 0 Å². The number of rotatable bonds is 1. The standard InChI is InChI=1S/C5H12N2P/c1-6(2)5-7(3,4)8-5/h1-4H3/q+1. The van der Waals surface area contributed by atoms with Gasteiger partial charge in [-0.15, -0.1) is 0 Å². The van der Waals surface area contributed by atoms with Crippen molar-refractivity contribution in [2.75, 3.05) is 28.2 Å². The first kappa shape index (κ1) is 6.21. The van der Waals surface area contributed by atoms with Crippen LogP contribution < -0.4 is 0 Å². The molecule has 1 rings (SSSR count).